The summed E-state index contributed by atoms with van der Waals surface area (Å²) in [6.45, 7) is 5.35. The zero-order valence-corrected chi connectivity index (χ0v) is 15.5. The number of carbonyl (C=O) groups excluding carboxylic acids is 1. The van der Waals surface area contributed by atoms with Crippen molar-refractivity contribution in [2.75, 3.05) is 20.1 Å². The molecule has 1 saturated heterocycles. The van der Waals surface area contributed by atoms with Gasteiger partial charge in [0.05, 0.1) is 11.2 Å². The molecule has 9 heteroatoms. The Morgan fingerprint density at radius 1 is 1.56 bits per heavy atom. The van der Waals surface area contributed by atoms with Gasteiger partial charge in [-0.05, 0) is 20.3 Å². The summed E-state index contributed by atoms with van der Waals surface area (Å²) in [7, 11) is 1.76. The number of hydrogen-bond acceptors (Lipinski definition) is 6. The van der Waals surface area contributed by atoms with Gasteiger partial charge in [-0.3, -0.25) is 9.69 Å². The lowest BCUT2D eigenvalue weighted by molar-refractivity contribution is -0.133. The van der Waals surface area contributed by atoms with Gasteiger partial charge in [-0.25, -0.2) is 19.0 Å². The molecule has 2 aromatic heterocycles. The quantitative estimate of drug-likeness (QED) is 0.778. The number of likely N-dealkylation sites (tertiary alicyclic amines) is 1. The molecule has 136 valence electrons. The minimum absolute atomic E-state index is 0.00777. The lowest BCUT2D eigenvalue weighted by Gasteiger charge is -2.29. The van der Waals surface area contributed by atoms with Gasteiger partial charge in [-0.15, -0.1) is 11.3 Å². The average molecular weight is 366 g/mol. The van der Waals surface area contributed by atoms with Crippen LogP contribution >= 0.6 is 11.3 Å². The zero-order valence-electron chi connectivity index (χ0n) is 14.7. The van der Waals surface area contributed by atoms with Crippen LogP contribution in [0.4, 0.5) is 4.39 Å². The second-order valence-corrected chi connectivity index (χ2v) is 7.49. The van der Waals surface area contributed by atoms with Crippen LogP contribution in [0.1, 0.15) is 30.0 Å². The number of rotatable bonds is 6. The normalized spacial score (nSPS) is 22.2. The van der Waals surface area contributed by atoms with Crippen LogP contribution in [0.25, 0.3) is 0 Å². The van der Waals surface area contributed by atoms with Gasteiger partial charge >= 0.3 is 0 Å². The van der Waals surface area contributed by atoms with Crippen molar-refractivity contribution in [3.8, 4) is 0 Å². The zero-order chi connectivity index (χ0) is 18.0. The molecule has 0 aliphatic carbocycles. The van der Waals surface area contributed by atoms with Crippen LogP contribution in [0, 0.1) is 6.92 Å². The van der Waals surface area contributed by atoms with Crippen molar-refractivity contribution in [3.05, 3.63) is 28.7 Å². The largest absolute Gasteiger partial charge is 0.342 e. The molecular weight excluding hydrogens is 343 g/mol. The van der Waals surface area contributed by atoms with Crippen molar-refractivity contribution in [1.82, 2.24) is 29.5 Å². The van der Waals surface area contributed by atoms with E-state index in [1.807, 2.05) is 12.4 Å². The molecule has 0 spiro atoms. The highest BCUT2D eigenvalue weighted by Gasteiger charge is 2.34. The van der Waals surface area contributed by atoms with Crippen LogP contribution in [0.2, 0.25) is 0 Å². The molecule has 3 rings (SSSR count). The lowest BCUT2D eigenvalue weighted by Crippen LogP contribution is -2.43. The van der Waals surface area contributed by atoms with Crippen LogP contribution in [-0.2, 0) is 11.3 Å². The van der Waals surface area contributed by atoms with Gasteiger partial charge in [0, 0.05) is 37.6 Å². The van der Waals surface area contributed by atoms with Crippen LogP contribution in [0.3, 0.4) is 0 Å². The molecule has 1 fully saturated rings. The molecule has 0 N–H and O–H groups in total. The Bertz CT molecular complexity index is 705. The summed E-state index contributed by atoms with van der Waals surface area (Å²) in [6, 6.07) is -0.416. The first-order valence-corrected chi connectivity index (χ1v) is 9.19. The predicted molar refractivity (Wildman–Crippen MR) is 92.9 cm³/mol. The second-order valence-electron chi connectivity index (χ2n) is 6.55. The fourth-order valence-corrected chi connectivity index (χ4v) is 4.03. The third-order valence-corrected chi connectivity index (χ3v) is 5.64. The number of aromatic nitrogens is 4. The number of aryl methyl sites for hydroxylation is 1. The SMILES string of the molecule is Cc1ncsc1CN1C[C@@H](F)C[C@H]1CN(C)C(=O)[C@H](C)n1cncn1. The van der Waals surface area contributed by atoms with E-state index in [-0.39, 0.29) is 11.9 Å². The number of thiazole rings is 1. The molecular formula is C16H23FN6OS. The number of nitrogens with zero attached hydrogens (tertiary/aromatic N) is 6. The van der Waals surface area contributed by atoms with Gasteiger partial charge in [-0.2, -0.15) is 5.10 Å². The number of amides is 1. The van der Waals surface area contributed by atoms with E-state index in [2.05, 4.69) is 20.0 Å². The Kier molecular flexibility index (Phi) is 5.43. The predicted octanol–water partition coefficient (Wildman–Crippen LogP) is 1.68. The van der Waals surface area contributed by atoms with E-state index >= 15 is 0 Å². The third-order valence-electron chi connectivity index (χ3n) is 4.72. The summed E-state index contributed by atoms with van der Waals surface area (Å²) >= 11 is 1.59. The van der Waals surface area contributed by atoms with Crippen molar-refractivity contribution >= 4 is 17.2 Å². The van der Waals surface area contributed by atoms with Crippen LogP contribution in [0.15, 0.2) is 18.2 Å². The Labute approximate surface area is 150 Å². The van der Waals surface area contributed by atoms with E-state index in [0.29, 0.717) is 26.1 Å². The minimum atomic E-state index is -0.852. The molecule has 0 bridgehead atoms. The van der Waals surface area contributed by atoms with E-state index in [1.165, 1.54) is 17.3 Å². The van der Waals surface area contributed by atoms with Gasteiger partial charge in [0.1, 0.15) is 24.9 Å². The summed E-state index contributed by atoms with van der Waals surface area (Å²) in [5.74, 6) is -0.0540. The van der Waals surface area contributed by atoms with Crippen molar-refractivity contribution in [3.63, 3.8) is 0 Å². The Hall–Kier alpha value is -1.87. The summed E-state index contributed by atoms with van der Waals surface area (Å²) in [6.07, 6.45) is 2.54. The molecule has 1 aliphatic rings. The smallest absolute Gasteiger partial charge is 0.247 e. The van der Waals surface area contributed by atoms with Crippen LogP contribution < -0.4 is 0 Å². The number of hydrogen-bond donors (Lipinski definition) is 0. The second kappa shape index (κ2) is 7.57. The third kappa shape index (κ3) is 4.04. The van der Waals surface area contributed by atoms with Gasteiger partial charge in [-0.1, -0.05) is 0 Å². The van der Waals surface area contributed by atoms with Gasteiger partial charge < -0.3 is 4.90 Å². The number of halogens is 1. The highest BCUT2D eigenvalue weighted by molar-refractivity contribution is 7.09. The molecule has 25 heavy (non-hydrogen) atoms. The Balaban J connectivity index is 1.63. The summed E-state index contributed by atoms with van der Waals surface area (Å²) < 4.78 is 15.5. The fraction of sp³-hybridized carbons (Fsp3) is 0.625. The maximum Gasteiger partial charge on any atom is 0.247 e. The van der Waals surface area contributed by atoms with Crippen molar-refractivity contribution < 1.29 is 9.18 Å². The van der Waals surface area contributed by atoms with E-state index in [4.69, 9.17) is 0 Å². The van der Waals surface area contributed by atoms with Crippen molar-refractivity contribution in [1.29, 1.82) is 0 Å². The fourth-order valence-electron chi connectivity index (χ4n) is 3.22. The molecule has 0 aromatic carbocycles. The molecule has 7 nitrogen and oxygen atoms in total. The average Bonchev–Trinajstić information content (AvgIpc) is 3.30. The Morgan fingerprint density at radius 3 is 3.00 bits per heavy atom. The lowest BCUT2D eigenvalue weighted by atomic mass is 10.2. The number of carbonyl (C=O) groups is 1. The monoisotopic (exact) mass is 366 g/mol. The molecule has 3 atom stereocenters. The van der Waals surface area contributed by atoms with E-state index < -0.39 is 12.2 Å². The first-order chi connectivity index (χ1) is 12.0. The van der Waals surface area contributed by atoms with E-state index in [1.54, 1.807) is 30.2 Å². The first kappa shape index (κ1) is 17.9. The molecule has 0 radical (unpaired) electrons. The molecule has 3 heterocycles. The maximum atomic E-state index is 14.0. The van der Waals surface area contributed by atoms with Crippen molar-refractivity contribution in [2.45, 2.75) is 45.1 Å². The molecule has 0 saturated carbocycles. The summed E-state index contributed by atoms with van der Waals surface area (Å²) in [4.78, 5) is 25.7. The topological polar surface area (TPSA) is 67.2 Å². The highest BCUT2D eigenvalue weighted by atomic mass is 32.1. The molecule has 1 aliphatic heterocycles. The molecule has 0 unspecified atom stereocenters. The first-order valence-electron chi connectivity index (χ1n) is 8.32. The van der Waals surface area contributed by atoms with E-state index in [9.17, 15) is 9.18 Å². The standard InChI is InChI=1S/C16H23FN6OS/c1-11-15(25-10-19-11)7-22-5-13(17)4-14(22)6-21(3)16(24)12(2)23-9-18-8-20-23/h8-10,12-14H,4-7H2,1-3H3/t12-,13-,14-/m0/s1. The van der Waals surface area contributed by atoms with Crippen LogP contribution in [0.5, 0.6) is 0 Å². The van der Waals surface area contributed by atoms with Gasteiger partial charge in [0.15, 0.2) is 0 Å². The van der Waals surface area contributed by atoms with E-state index in [0.717, 1.165) is 10.6 Å². The van der Waals surface area contributed by atoms with Crippen LogP contribution in [-0.4, -0.2) is 67.8 Å². The Morgan fingerprint density at radius 2 is 2.36 bits per heavy atom. The number of likely N-dealkylation sites (N-methyl/N-ethyl adjacent to an activating group) is 1. The maximum absolute atomic E-state index is 14.0. The van der Waals surface area contributed by atoms with Gasteiger partial charge in [0.2, 0.25) is 5.91 Å². The van der Waals surface area contributed by atoms with Gasteiger partial charge in [0.25, 0.3) is 0 Å². The van der Waals surface area contributed by atoms with Crippen molar-refractivity contribution in [2.24, 2.45) is 0 Å². The minimum Gasteiger partial charge on any atom is -0.342 e. The molecule has 1 amide bonds. The molecule has 2 aromatic rings. The number of alkyl halides is 1. The summed E-state index contributed by atoms with van der Waals surface area (Å²) in [5, 5.41) is 4.02. The highest BCUT2D eigenvalue weighted by Crippen LogP contribution is 2.26. The summed E-state index contributed by atoms with van der Waals surface area (Å²) in [5.41, 5.74) is 2.81.